The van der Waals surface area contributed by atoms with Crippen molar-refractivity contribution in [1.82, 2.24) is 0 Å². The molecule has 0 fully saturated rings. The number of halogens is 1. The van der Waals surface area contributed by atoms with Crippen molar-refractivity contribution in [2.45, 2.75) is 13.3 Å². The molecule has 0 aliphatic carbocycles. The fourth-order valence-electron chi connectivity index (χ4n) is 2.47. The molecule has 6 nitrogen and oxygen atoms in total. The highest BCUT2D eigenvalue weighted by Gasteiger charge is 2.12. The van der Waals surface area contributed by atoms with Gasteiger partial charge >= 0.3 is 5.97 Å². The van der Waals surface area contributed by atoms with Crippen LogP contribution in [0.5, 0.6) is 5.75 Å². The Hall–Kier alpha value is -3.56. The Morgan fingerprint density at radius 3 is 2.69 bits per heavy atom. The summed E-state index contributed by atoms with van der Waals surface area (Å²) in [6.45, 7) is 5.05. The van der Waals surface area contributed by atoms with Crippen LogP contribution in [0, 0.1) is 18.3 Å². The predicted octanol–water partition coefficient (Wildman–Crippen LogP) is 4.39. The number of nitrogens with one attached hydrogen (secondary N) is 1. The Bertz CT molecular complexity index is 1020. The molecule has 148 valence electrons. The van der Waals surface area contributed by atoms with Crippen molar-refractivity contribution in [2.24, 2.45) is 0 Å². The molecule has 2 rings (SSSR count). The Morgan fingerprint density at radius 2 is 2.07 bits per heavy atom. The molecule has 0 spiro atoms. The lowest BCUT2D eigenvalue weighted by Crippen LogP contribution is -2.13. The largest absolute Gasteiger partial charge is 0.482 e. The molecule has 1 amide bonds. The number of hydrogen-bond donors (Lipinski definition) is 2. The number of carboxylic acids is 1. The number of allylic oxidation sites excluding steroid dienone is 1. The number of hydrogen-bond acceptors (Lipinski definition) is 4. The molecular weight excluding hydrogens is 392 g/mol. The van der Waals surface area contributed by atoms with E-state index in [0.717, 1.165) is 5.56 Å². The molecule has 0 saturated heterocycles. The molecule has 0 unspecified atom stereocenters. The number of nitrogens with zero attached hydrogens (tertiary/aromatic N) is 1. The van der Waals surface area contributed by atoms with Gasteiger partial charge < -0.3 is 15.2 Å². The van der Waals surface area contributed by atoms with Crippen LogP contribution in [-0.4, -0.2) is 23.6 Å². The summed E-state index contributed by atoms with van der Waals surface area (Å²) in [5, 5.41) is 21.3. The second-order valence-corrected chi connectivity index (χ2v) is 6.54. The maximum atomic E-state index is 12.4. The minimum atomic E-state index is -1.09. The number of aryl methyl sites for hydroxylation is 1. The van der Waals surface area contributed by atoms with Crippen molar-refractivity contribution >= 4 is 35.2 Å². The number of carboxylic acid groups (broad SMARTS) is 1. The SMILES string of the molecule is C=CCc1cc(/C=C(/C#N)C(=O)Nc2ccc(C)c(Cl)c2)ccc1OCC(=O)O. The van der Waals surface area contributed by atoms with Crippen molar-refractivity contribution in [1.29, 1.82) is 5.26 Å². The van der Waals surface area contributed by atoms with Crippen LogP contribution in [0.2, 0.25) is 5.02 Å². The number of rotatable bonds is 8. The summed E-state index contributed by atoms with van der Waals surface area (Å²) in [7, 11) is 0. The topological polar surface area (TPSA) is 99.4 Å². The smallest absolute Gasteiger partial charge is 0.341 e. The Kier molecular flexibility index (Phi) is 7.58. The maximum Gasteiger partial charge on any atom is 0.341 e. The number of amides is 1. The first-order valence-electron chi connectivity index (χ1n) is 8.61. The van der Waals surface area contributed by atoms with Gasteiger partial charge in [-0.1, -0.05) is 29.8 Å². The van der Waals surface area contributed by atoms with Gasteiger partial charge in [0.15, 0.2) is 6.61 Å². The highest BCUT2D eigenvalue weighted by Crippen LogP contribution is 2.24. The molecule has 7 heteroatoms. The van der Waals surface area contributed by atoms with Gasteiger partial charge in [0.2, 0.25) is 0 Å². The molecular formula is C22H19ClN2O4. The van der Waals surface area contributed by atoms with Crippen LogP contribution in [0.3, 0.4) is 0 Å². The van der Waals surface area contributed by atoms with Gasteiger partial charge in [-0.2, -0.15) is 5.26 Å². The molecule has 2 aromatic carbocycles. The molecule has 2 aromatic rings. The summed E-state index contributed by atoms with van der Waals surface area (Å²) in [6, 6.07) is 11.9. The van der Waals surface area contributed by atoms with E-state index in [2.05, 4.69) is 11.9 Å². The van der Waals surface area contributed by atoms with Crippen LogP contribution >= 0.6 is 11.6 Å². The average Bonchev–Trinajstić information content (AvgIpc) is 2.68. The Labute approximate surface area is 173 Å². The molecule has 0 aliphatic rings. The first-order valence-corrected chi connectivity index (χ1v) is 8.99. The van der Waals surface area contributed by atoms with Crippen LogP contribution in [0.15, 0.2) is 54.6 Å². The second-order valence-electron chi connectivity index (χ2n) is 6.13. The quantitative estimate of drug-likeness (QED) is 0.382. The molecule has 0 aliphatic heterocycles. The summed E-state index contributed by atoms with van der Waals surface area (Å²) in [4.78, 5) is 23.2. The molecule has 0 aromatic heterocycles. The van der Waals surface area contributed by atoms with Crippen molar-refractivity contribution in [3.05, 3.63) is 76.3 Å². The van der Waals surface area contributed by atoms with E-state index in [9.17, 15) is 14.9 Å². The average molecular weight is 411 g/mol. The first-order chi connectivity index (χ1) is 13.8. The van der Waals surface area contributed by atoms with E-state index in [4.69, 9.17) is 21.4 Å². The van der Waals surface area contributed by atoms with Gasteiger partial charge in [-0.3, -0.25) is 4.79 Å². The van der Waals surface area contributed by atoms with Crippen molar-refractivity contribution in [2.75, 3.05) is 11.9 Å². The highest BCUT2D eigenvalue weighted by molar-refractivity contribution is 6.31. The van der Waals surface area contributed by atoms with Crippen molar-refractivity contribution in [3.8, 4) is 11.8 Å². The number of aliphatic carboxylic acids is 1. The number of benzene rings is 2. The molecule has 0 atom stereocenters. The fourth-order valence-corrected chi connectivity index (χ4v) is 2.65. The summed E-state index contributed by atoms with van der Waals surface area (Å²) in [5.74, 6) is -1.25. The van der Waals surface area contributed by atoms with E-state index < -0.39 is 18.5 Å². The van der Waals surface area contributed by atoms with Crippen LogP contribution in [0.25, 0.3) is 6.08 Å². The van der Waals surface area contributed by atoms with Gasteiger partial charge in [0.1, 0.15) is 17.4 Å². The fraction of sp³-hybridized carbons (Fsp3) is 0.136. The number of anilines is 1. The Morgan fingerprint density at radius 1 is 1.31 bits per heavy atom. The van der Waals surface area contributed by atoms with E-state index in [0.29, 0.717) is 34.0 Å². The van der Waals surface area contributed by atoms with Gasteiger partial charge in [-0.05, 0) is 60.4 Å². The lowest BCUT2D eigenvalue weighted by molar-refractivity contribution is -0.139. The molecule has 0 radical (unpaired) electrons. The van der Waals surface area contributed by atoms with Gasteiger partial charge in [0.25, 0.3) is 5.91 Å². The molecule has 2 N–H and O–H groups in total. The summed E-state index contributed by atoms with van der Waals surface area (Å²) >= 11 is 6.06. The summed E-state index contributed by atoms with van der Waals surface area (Å²) in [5.41, 5.74) is 2.55. The molecule has 0 saturated carbocycles. The van der Waals surface area contributed by atoms with E-state index in [-0.39, 0.29) is 5.57 Å². The number of carbonyl (C=O) groups excluding carboxylic acids is 1. The number of ether oxygens (including phenoxy) is 1. The third kappa shape index (κ3) is 6.23. The molecule has 0 heterocycles. The third-order valence-electron chi connectivity index (χ3n) is 3.91. The predicted molar refractivity (Wildman–Crippen MR) is 112 cm³/mol. The van der Waals surface area contributed by atoms with Gasteiger partial charge in [-0.25, -0.2) is 4.79 Å². The zero-order chi connectivity index (χ0) is 21.4. The second kappa shape index (κ2) is 10.1. The highest BCUT2D eigenvalue weighted by atomic mass is 35.5. The van der Waals surface area contributed by atoms with E-state index in [1.807, 2.05) is 13.0 Å². The van der Waals surface area contributed by atoms with Gasteiger partial charge in [-0.15, -0.1) is 6.58 Å². The summed E-state index contributed by atoms with van der Waals surface area (Å²) < 4.78 is 5.26. The van der Waals surface area contributed by atoms with Crippen LogP contribution in [-0.2, 0) is 16.0 Å². The van der Waals surface area contributed by atoms with Crippen LogP contribution < -0.4 is 10.1 Å². The van der Waals surface area contributed by atoms with E-state index in [1.54, 1.807) is 42.5 Å². The van der Waals surface area contributed by atoms with E-state index in [1.165, 1.54) is 6.08 Å². The van der Waals surface area contributed by atoms with Crippen molar-refractivity contribution in [3.63, 3.8) is 0 Å². The maximum absolute atomic E-state index is 12.4. The zero-order valence-electron chi connectivity index (χ0n) is 15.7. The van der Waals surface area contributed by atoms with Crippen molar-refractivity contribution < 1.29 is 19.4 Å². The van der Waals surface area contributed by atoms with Gasteiger partial charge in [0.05, 0.1) is 0 Å². The zero-order valence-corrected chi connectivity index (χ0v) is 16.5. The minimum Gasteiger partial charge on any atom is -0.482 e. The summed E-state index contributed by atoms with van der Waals surface area (Å²) in [6.07, 6.45) is 3.53. The lowest BCUT2D eigenvalue weighted by atomic mass is 10.0. The number of nitriles is 1. The lowest BCUT2D eigenvalue weighted by Gasteiger charge is -2.10. The van der Waals surface area contributed by atoms with Gasteiger partial charge in [0, 0.05) is 10.7 Å². The third-order valence-corrected chi connectivity index (χ3v) is 4.31. The van der Waals surface area contributed by atoms with Crippen LogP contribution in [0.1, 0.15) is 16.7 Å². The Balaban J connectivity index is 2.26. The molecule has 29 heavy (non-hydrogen) atoms. The normalized spacial score (nSPS) is 10.7. The standard InChI is InChI=1S/C22H19ClN2O4/c1-3-4-16-9-15(6-8-20(16)29-13-21(26)27)10-17(12-24)22(28)25-18-7-5-14(2)19(23)11-18/h3,5-11H,1,4,13H2,2H3,(H,25,28)(H,26,27)/b17-10-. The monoisotopic (exact) mass is 410 g/mol. The molecule has 0 bridgehead atoms. The first kappa shape index (κ1) is 21.7. The van der Waals surface area contributed by atoms with E-state index >= 15 is 0 Å². The minimum absolute atomic E-state index is 0.0922. The van der Waals surface area contributed by atoms with Crippen LogP contribution in [0.4, 0.5) is 5.69 Å². The number of carbonyl (C=O) groups is 2.